The van der Waals surface area contributed by atoms with E-state index >= 15 is 0 Å². The van der Waals surface area contributed by atoms with Crippen molar-refractivity contribution in [3.63, 3.8) is 0 Å². The zero-order valence-corrected chi connectivity index (χ0v) is 10.5. The molecule has 0 N–H and O–H groups in total. The largest absolute Gasteiger partial charge is 0.485 e. The highest BCUT2D eigenvalue weighted by Crippen LogP contribution is 2.21. The molecule has 2 aromatic carbocycles. The minimum absolute atomic E-state index is 0.115. The zero-order valence-electron chi connectivity index (χ0n) is 9.70. The van der Waals surface area contributed by atoms with Crippen molar-refractivity contribution < 1.29 is 18.3 Å². The van der Waals surface area contributed by atoms with Crippen LogP contribution in [-0.2, 0) is 0 Å². The van der Waals surface area contributed by atoms with E-state index in [-0.39, 0.29) is 12.2 Å². The summed E-state index contributed by atoms with van der Waals surface area (Å²) < 4.78 is 31.6. The number of halogens is 3. The van der Waals surface area contributed by atoms with Crippen molar-refractivity contribution in [1.82, 2.24) is 0 Å². The maximum Gasteiger partial charge on any atom is 0.200 e. The SMILES string of the molecule is O=C(COc1ccccc1)c1cc(F)c(Cl)c(F)c1. The molecule has 0 aliphatic carbocycles. The molecular weight excluding hydrogens is 274 g/mol. The average molecular weight is 283 g/mol. The molecule has 0 aromatic heterocycles. The molecule has 0 aliphatic rings. The Balaban J connectivity index is 2.08. The van der Waals surface area contributed by atoms with E-state index in [1.807, 2.05) is 0 Å². The molecule has 0 unspecified atom stereocenters. The van der Waals surface area contributed by atoms with Crippen LogP contribution in [0.4, 0.5) is 8.78 Å². The van der Waals surface area contributed by atoms with E-state index < -0.39 is 22.4 Å². The third kappa shape index (κ3) is 3.29. The standard InChI is InChI=1S/C14H9ClF2O2/c15-14-11(16)6-9(7-12(14)17)13(18)8-19-10-4-2-1-3-5-10/h1-7H,8H2. The molecule has 19 heavy (non-hydrogen) atoms. The smallest absolute Gasteiger partial charge is 0.200 e. The second-order valence-electron chi connectivity index (χ2n) is 3.78. The minimum atomic E-state index is -0.968. The number of benzene rings is 2. The quantitative estimate of drug-likeness (QED) is 0.628. The summed E-state index contributed by atoms with van der Waals surface area (Å²) in [4.78, 5) is 11.7. The normalized spacial score (nSPS) is 10.3. The summed E-state index contributed by atoms with van der Waals surface area (Å²) in [7, 11) is 0. The van der Waals surface area contributed by atoms with E-state index in [0.29, 0.717) is 5.75 Å². The van der Waals surface area contributed by atoms with Gasteiger partial charge < -0.3 is 4.74 Å². The van der Waals surface area contributed by atoms with Gasteiger partial charge in [-0.25, -0.2) is 8.78 Å². The number of Topliss-reactive ketones (excluding diaryl/α,β-unsaturated/α-hetero) is 1. The van der Waals surface area contributed by atoms with Crippen LogP contribution >= 0.6 is 11.6 Å². The van der Waals surface area contributed by atoms with Crippen LogP contribution in [0, 0.1) is 11.6 Å². The van der Waals surface area contributed by atoms with Crippen LogP contribution < -0.4 is 4.74 Å². The first kappa shape index (κ1) is 13.5. The molecule has 0 radical (unpaired) electrons. The van der Waals surface area contributed by atoms with Crippen LogP contribution in [0.25, 0.3) is 0 Å². The highest BCUT2D eigenvalue weighted by Gasteiger charge is 2.14. The van der Waals surface area contributed by atoms with Gasteiger partial charge in [0.2, 0.25) is 0 Å². The monoisotopic (exact) mass is 282 g/mol. The van der Waals surface area contributed by atoms with Gasteiger partial charge >= 0.3 is 0 Å². The number of carbonyl (C=O) groups is 1. The lowest BCUT2D eigenvalue weighted by atomic mass is 10.1. The topological polar surface area (TPSA) is 26.3 Å². The van der Waals surface area contributed by atoms with Gasteiger partial charge in [-0.2, -0.15) is 0 Å². The lowest BCUT2D eigenvalue weighted by Crippen LogP contribution is -2.12. The molecule has 2 rings (SSSR count). The van der Waals surface area contributed by atoms with Crippen LogP contribution in [0.1, 0.15) is 10.4 Å². The summed E-state index contributed by atoms with van der Waals surface area (Å²) >= 11 is 5.33. The van der Waals surface area contributed by atoms with Crippen LogP contribution in [0.3, 0.4) is 0 Å². The van der Waals surface area contributed by atoms with E-state index in [0.717, 1.165) is 12.1 Å². The van der Waals surface area contributed by atoms with Crippen LogP contribution in [0.15, 0.2) is 42.5 Å². The predicted octanol–water partition coefficient (Wildman–Crippen LogP) is 3.88. The molecule has 0 atom stereocenters. The van der Waals surface area contributed by atoms with Gasteiger partial charge in [-0.3, -0.25) is 4.79 Å². The van der Waals surface area contributed by atoms with Gasteiger partial charge in [0.15, 0.2) is 12.4 Å². The Bertz CT molecular complexity index is 577. The molecule has 2 aromatic rings. The van der Waals surface area contributed by atoms with Crippen molar-refractivity contribution >= 4 is 17.4 Å². The van der Waals surface area contributed by atoms with Gasteiger partial charge in [-0.1, -0.05) is 29.8 Å². The summed E-state index contributed by atoms with van der Waals surface area (Å²) in [6.07, 6.45) is 0. The fourth-order valence-electron chi connectivity index (χ4n) is 1.47. The number of carbonyl (C=O) groups excluding carboxylic acids is 1. The van der Waals surface area contributed by atoms with Crippen molar-refractivity contribution in [1.29, 1.82) is 0 Å². The molecule has 0 spiro atoms. The lowest BCUT2D eigenvalue weighted by Gasteiger charge is -2.06. The molecule has 0 fully saturated rings. The summed E-state index contributed by atoms with van der Waals surface area (Å²) in [5, 5.41) is -0.625. The van der Waals surface area contributed by atoms with E-state index in [4.69, 9.17) is 16.3 Å². The zero-order chi connectivity index (χ0) is 13.8. The number of para-hydroxylation sites is 1. The van der Waals surface area contributed by atoms with Crippen LogP contribution in [-0.4, -0.2) is 12.4 Å². The molecule has 98 valence electrons. The number of ketones is 1. The van der Waals surface area contributed by atoms with Gasteiger partial charge in [-0.05, 0) is 24.3 Å². The van der Waals surface area contributed by atoms with Crippen LogP contribution in [0.5, 0.6) is 5.75 Å². The Morgan fingerprint density at radius 3 is 2.26 bits per heavy atom. The highest BCUT2D eigenvalue weighted by atomic mass is 35.5. The van der Waals surface area contributed by atoms with Crippen molar-refractivity contribution in [2.45, 2.75) is 0 Å². The first-order valence-corrected chi connectivity index (χ1v) is 5.81. The summed E-state index contributed by atoms with van der Waals surface area (Å²) in [6.45, 7) is -0.301. The van der Waals surface area contributed by atoms with E-state index in [1.165, 1.54) is 0 Å². The van der Waals surface area contributed by atoms with Gasteiger partial charge in [0.05, 0.1) is 0 Å². The maximum atomic E-state index is 13.2. The molecule has 0 heterocycles. The van der Waals surface area contributed by atoms with Gasteiger partial charge in [0.1, 0.15) is 22.4 Å². The van der Waals surface area contributed by atoms with E-state index in [1.54, 1.807) is 30.3 Å². The van der Waals surface area contributed by atoms with Crippen molar-refractivity contribution in [2.24, 2.45) is 0 Å². The Morgan fingerprint density at radius 1 is 1.11 bits per heavy atom. The summed E-state index contributed by atoms with van der Waals surface area (Å²) in [6, 6.07) is 10.4. The summed E-state index contributed by atoms with van der Waals surface area (Å²) in [5.41, 5.74) is -0.115. The second kappa shape index (κ2) is 5.80. The Kier molecular flexibility index (Phi) is 4.12. The van der Waals surface area contributed by atoms with Crippen molar-refractivity contribution in [3.8, 4) is 5.75 Å². The number of hydrogen-bond acceptors (Lipinski definition) is 2. The fraction of sp³-hybridized carbons (Fsp3) is 0.0714. The third-order valence-electron chi connectivity index (χ3n) is 2.42. The molecule has 5 heteroatoms. The van der Waals surface area contributed by atoms with E-state index in [9.17, 15) is 13.6 Å². The third-order valence-corrected chi connectivity index (χ3v) is 2.78. The molecular formula is C14H9ClF2O2. The van der Waals surface area contributed by atoms with Crippen LogP contribution in [0.2, 0.25) is 5.02 Å². The molecule has 0 amide bonds. The van der Waals surface area contributed by atoms with Gasteiger partial charge in [0.25, 0.3) is 0 Å². The Labute approximate surface area is 113 Å². The Hall–Kier alpha value is -1.94. The fourth-order valence-corrected chi connectivity index (χ4v) is 1.57. The molecule has 0 bridgehead atoms. The minimum Gasteiger partial charge on any atom is -0.485 e. The number of rotatable bonds is 4. The van der Waals surface area contributed by atoms with Crippen molar-refractivity contribution in [3.05, 3.63) is 64.7 Å². The van der Waals surface area contributed by atoms with Gasteiger partial charge in [-0.15, -0.1) is 0 Å². The molecule has 0 aliphatic heterocycles. The van der Waals surface area contributed by atoms with E-state index in [2.05, 4.69) is 0 Å². The number of ether oxygens (including phenoxy) is 1. The number of hydrogen-bond donors (Lipinski definition) is 0. The van der Waals surface area contributed by atoms with Gasteiger partial charge in [0, 0.05) is 5.56 Å². The lowest BCUT2D eigenvalue weighted by molar-refractivity contribution is 0.0920. The summed E-state index contributed by atoms with van der Waals surface area (Å²) in [5.74, 6) is -1.96. The first-order valence-electron chi connectivity index (χ1n) is 5.43. The maximum absolute atomic E-state index is 13.2. The van der Waals surface area contributed by atoms with Crippen molar-refractivity contribution in [2.75, 3.05) is 6.61 Å². The first-order chi connectivity index (χ1) is 9.08. The predicted molar refractivity (Wildman–Crippen MR) is 67.6 cm³/mol. The molecule has 0 saturated heterocycles. The molecule has 0 saturated carbocycles. The molecule has 2 nitrogen and oxygen atoms in total. The average Bonchev–Trinajstić information content (AvgIpc) is 2.42. The second-order valence-corrected chi connectivity index (χ2v) is 4.16. The highest BCUT2D eigenvalue weighted by molar-refractivity contribution is 6.31. The Morgan fingerprint density at radius 2 is 1.68 bits per heavy atom.